The van der Waals surface area contributed by atoms with Crippen molar-refractivity contribution < 1.29 is 13.2 Å². The highest BCUT2D eigenvalue weighted by atomic mass is 32.2. The quantitative estimate of drug-likeness (QED) is 0.783. The molecule has 0 amide bonds. The van der Waals surface area contributed by atoms with Gasteiger partial charge >= 0.3 is 0 Å². The summed E-state index contributed by atoms with van der Waals surface area (Å²) in [5.41, 5.74) is 6.37. The fraction of sp³-hybridized carbons (Fsp3) is 0.600. The summed E-state index contributed by atoms with van der Waals surface area (Å²) in [4.78, 5) is 0.338. The van der Waals surface area contributed by atoms with E-state index >= 15 is 0 Å². The van der Waals surface area contributed by atoms with Crippen molar-refractivity contribution in [2.45, 2.75) is 37.1 Å². The van der Waals surface area contributed by atoms with Crippen molar-refractivity contribution in [2.24, 2.45) is 11.7 Å². The fourth-order valence-corrected chi connectivity index (χ4v) is 3.77. The average molecular weight is 297 g/mol. The Bertz CT molecular complexity index is 522. The summed E-state index contributed by atoms with van der Waals surface area (Å²) in [6.45, 7) is 1.31. The van der Waals surface area contributed by atoms with Gasteiger partial charge in [0.1, 0.15) is 0 Å². The minimum Gasteiger partial charge on any atom is -0.380 e. The number of rotatable bonds is 7. The van der Waals surface area contributed by atoms with Crippen LogP contribution in [0.4, 0.5) is 0 Å². The fourth-order valence-electron chi connectivity index (χ4n) is 2.58. The second kappa shape index (κ2) is 7.20. The van der Waals surface area contributed by atoms with E-state index in [-0.39, 0.29) is 12.4 Å². The molecular formula is C15H23NO3S. The number of nitrogens with two attached hydrogens (primary N) is 1. The lowest BCUT2D eigenvalue weighted by atomic mass is 10.1. The minimum atomic E-state index is -3.27. The van der Waals surface area contributed by atoms with Crippen molar-refractivity contribution in [1.82, 2.24) is 0 Å². The lowest BCUT2D eigenvalue weighted by Crippen LogP contribution is -2.15. The van der Waals surface area contributed by atoms with E-state index in [1.54, 1.807) is 18.2 Å². The molecule has 112 valence electrons. The second-order valence-electron chi connectivity index (χ2n) is 5.40. The molecule has 20 heavy (non-hydrogen) atoms. The monoisotopic (exact) mass is 297 g/mol. The summed E-state index contributed by atoms with van der Waals surface area (Å²) >= 11 is 0. The highest BCUT2D eigenvalue weighted by Crippen LogP contribution is 2.24. The van der Waals surface area contributed by atoms with E-state index in [4.69, 9.17) is 10.5 Å². The molecule has 4 nitrogen and oxygen atoms in total. The van der Waals surface area contributed by atoms with Gasteiger partial charge in [-0.3, -0.25) is 0 Å². The number of hydrogen-bond donors (Lipinski definition) is 1. The molecule has 1 fully saturated rings. The molecular weight excluding hydrogens is 274 g/mol. The van der Waals surface area contributed by atoms with Crippen LogP contribution in [-0.4, -0.2) is 27.4 Å². The molecule has 2 N–H and O–H groups in total. The molecule has 0 aliphatic heterocycles. The van der Waals surface area contributed by atoms with Gasteiger partial charge in [0.2, 0.25) is 0 Å². The molecule has 0 aromatic heterocycles. The Morgan fingerprint density at radius 3 is 2.70 bits per heavy atom. The summed E-state index contributed by atoms with van der Waals surface area (Å²) in [5, 5.41) is 0. The predicted molar refractivity (Wildman–Crippen MR) is 79.2 cm³/mol. The first-order valence-corrected chi connectivity index (χ1v) is 8.86. The molecule has 1 aliphatic rings. The number of ether oxygens (including phenoxy) is 1. The third-order valence-corrected chi connectivity index (χ3v) is 5.49. The van der Waals surface area contributed by atoms with Crippen molar-refractivity contribution in [1.29, 1.82) is 0 Å². The Hall–Kier alpha value is -0.910. The van der Waals surface area contributed by atoms with Gasteiger partial charge in [0.15, 0.2) is 9.84 Å². The van der Waals surface area contributed by atoms with Crippen LogP contribution in [0.3, 0.4) is 0 Å². The molecule has 0 bridgehead atoms. The van der Waals surface area contributed by atoms with Crippen LogP contribution in [0.5, 0.6) is 0 Å². The lowest BCUT2D eigenvalue weighted by molar-refractivity contribution is 0.114. The predicted octanol–water partition coefficient (Wildman–Crippen LogP) is 2.13. The Labute approximate surface area is 121 Å². The van der Waals surface area contributed by atoms with Crippen LogP contribution in [-0.2, 0) is 21.1 Å². The molecule has 1 aliphatic carbocycles. The van der Waals surface area contributed by atoms with Crippen molar-refractivity contribution in [3.63, 3.8) is 0 Å². The molecule has 2 rings (SSSR count). The minimum absolute atomic E-state index is 0.0355. The first kappa shape index (κ1) is 15.5. The van der Waals surface area contributed by atoms with E-state index < -0.39 is 9.84 Å². The van der Waals surface area contributed by atoms with Crippen LogP contribution >= 0.6 is 0 Å². The second-order valence-corrected chi connectivity index (χ2v) is 7.50. The largest absolute Gasteiger partial charge is 0.380 e. The molecule has 0 spiro atoms. The van der Waals surface area contributed by atoms with Gasteiger partial charge in [-0.2, -0.15) is 0 Å². The summed E-state index contributed by atoms with van der Waals surface area (Å²) in [6.07, 6.45) is 4.98. The van der Waals surface area contributed by atoms with Crippen molar-refractivity contribution in [2.75, 3.05) is 19.0 Å². The first-order chi connectivity index (χ1) is 9.62. The van der Waals surface area contributed by atoms with Crippen LogP contribution in [0.1, 0.15) is 31.2 Å². The Kier molecular flexibility index (Phi) is 5.57. The van der Waals surface area contributed by atoms with E-state index in [2.05, 4.69) is 0 Å². The number of benzene rings is 1. The van der Waals surface area contributed by atoms with Crippen molar-refractivity contribution in [3.05, 3.63) is 29.8 Å². The van der Waals surface area contributed by atoms with Gasteiger partial charge in [0, 0.05) is 13.2 Å². The van der Waals surface area contributed by atoms with Crippen LogP contribution in [0.25, 0.3) is 0 Å². The van der Waals surface area contributed by atoms with Gasteiger partial charge in [0.05, 0.1) is 17.3 Å². The zero-order chi connectivity index (χ0) is 14.4. The highest BCUT2D eigenvalue weighted by Gasteiger charge is 2.17. The van der Waals surface area contributed by atoms with Gasteiger partial charge in [-0.05, 0) is 36.5 Å². The maximum atomic E-state index is 12.2. The number of hydrogen-bond acceptors (Lipinski definition) is 4. The standard InChI is InChI=1S/C15H23NO3S/c16-11-14-6-3-7-15(10-14)20(17,18)9-8-19-12-13-4-1-2-5-13/h3,6-7,10,13H,1-2,4-5,8-9,11-12,16H2. The maximum absolute atomic E-state index is 12.2. The summed E-state index contributed by atoms with van der Waals surface area (Å²) in [7, 11) is -3.27. The van der Waals surface area contributed by atoms with Crippen molar-refractivity contribution >= 4 is 9.84 Å². The molecule has 5 heteroatoms. The molecule has 0 heterocycles. The first-order valence-electron chi connectivity index (χ1n) is 7.21. The maximum Gasteiger partial charge on any atom is 0.180 e. The molecule has 1 aromatic rings. The average Bonchev–Trinajstić information content (AvgIpc) is 2.97. The normalized spacial score (nSPS) is 16.6. The molecule has 0 radical (unpaired) electrons. The van der Waals surface area contributed by atoms with Crippen LogP contribution in [0, 0.1) is 5.92 Å². The third kappa shape index (κ3) is 4.30. The molecule has 1 saturated carbocycles. The van der Waals surface area contributed by atoms with E-state index in [1.807, 2.05) is 6.07 Å². The summed E-state index contributed by atoms with van der Waals surface area (Å²) in [6, 6.07) is 6.82. The van der Waals surface area contributed by atoms with E-state index in [0.717, 1.165) is 5.56 Å². The molecule has 0 saturated heterocycles. The number of sulfone groups is 1. The van der Waals surface area contributed by atoms with Crippen molar-refractivity contribution in [3.8, 4) is 0 Å². The lowest BCUT2D eigenvalue weighted by Gasteiger charge is -2.10. The van der Waals surface area contributed by atoms with E-state index in [1.165, 1.54) is 25.7 Å². The van der Waals surface area contributed by atoms with Crippen LogP contribution < -0.4 is 5.73 Å². The van der Waals surface area contributed by atoms with Crippen LogP contribution in [0.15, 0.2) is 29.2 Å². The van der Waals surface area contributed by atoms with Gasteiger partial charge in [0.25, 0.3) is 0 Å². The Balaban J connectivity index is 1.83. The molecule has 0 unspecified atom stereocenters. The van der Waals surface area contributed by atoms with E-state index in [0.29, 0.717) is 24.0 Å². The van der Waals surface area contributed by atoms with Gasteiger partial charge in [-0.25, -0.2) is 8.42 Å². The molecule has 1 aromatic carbocycles. The zero-order valence-corrected chi connectivity index (χ0v) is 12.6. The van der Waals surface area contributed by atoms with E-state index in [9.17, 15) is 8.42 Å². The van der Waals surface area contributed by atoms with Gasteiger partial charge in [-0.15, -0.1) is 0 Å². The molecule has 0 atom stereocenters. The highest BCUT2D eigenvalue weighted by molar-refractivity contribution is 7.91. The summed E-state index contributed by atoms with van der Waals surface area (Å²) < 4.78 is 29.9. The summed E-state index contributed by atoms with van der Waals surface area (Å²) in [5.74, 6) is 0.659. The third-order valence-electron chi connectivity index (χ3n) is 3.82. The Morgan fingerprint density at radius 1 is 1.25 bits per heavy atom. The van der Waals surface area contributed by atoms with Gasteiger partial charge in [-0.1, -0.05) is 25.0 Å². The smallest absolute Gasteiger partial charge is 0.180 e. The van der Waals surface area contributed by atoms with Crippen LogP contribution in [0.2, 0.25) is 0 Å². The SMILES string of the molecule is NCc1cccc(S(=O)(=O)CCOCC2CCCC2)c1. The topological polar surface area (TPSA) is 69.4 Å². The van der Waals surface area contributed by atoms with Gasteiger partial charge < -0.3 is 10.5 Å². The Morgan fingerprint density at radius 2 is 2.00 bits per heavy atom. The zero-order valence-electron chi connectivity index (χ0n) is 11.8.